The fourth-order valence-electron chi connectivity index (χ4n) is 2.13. The molecule has 102 valence electrons. The van der Waals surface area contributed by atoms with Crippen molar-refractivity contribution >= 4 is 36.0 Å². The molecule has 1 aliphatic heterocycles. The minimum Gasteiger partial charge on any atom is -0.352 e. The van der Waals surface area contributed by atoms with Crippen molar-refractivity contribution in [3.05, 3.63) is 22.5 Å². The predicted molar refractivity (Wildman–Crippen MR) is 76.6 cm³/mol. The Hall–Kier alpha value is -1.60. The van der Waals surface area contributed by atoms with Gasteiger partial charge in [0.15, 0.2) is 6.29 Å². The Kier molecular flexibility index (Phi) is 4.39. The highest BCUT2D eigenvalue weighted by Crippen LogP contribution is 2.32. The van der Waals surface area contributed by atoms with Gasteiger partial charge < -0.3 is 9.08 Å². The summed E-state index contributed by atoms with van der Waals surface area (Å²) >= 11 is 1.30. The fraction of sp³-hybridized carbons (Fsp3) is 0.417. The molecule has 2 rings (SSSR count). The number of aromatic nitrogens is 1. The van der Waals surface area contributed by atoms with E-state index >= 15 is 0 Å². The Bertz CT molecular complexity index is 556. The average Bonchev–Trinajstić information content (AvgIpc) is 2.75. The van der Waals surface area contributed by atoms with Crippen LogP contribution in [0, 0.1) is 0 Å². The van der Waals surface area contributed by atoms with Crippen LogP contribution in [0.3, 0.4) is 0 Å². The Balaban J connectivity index is 2.37. The van der Waals surface area contributed by atoms with Gasteiger partial charge in [0.1, 0.15) is 11.5 Å². The van der Waals surface area contributed by atoms with Gasteiger partial charge in [0, 0.05) is 19.4 Å². The first kappa shape index (κ1) is 13.8. The fourth-order valence-corrected chi connectivity index (χ4v) is 2.43. The number of nitrogens with zero attached hydrogens (tertiary/aromatic N) is 3. The molecule has 2 heterocycles. The number of likely N-dealkylation sites (N-methyl/N-ethyl adjacent to an activating group) is 1. The van der Waals surface area contributed by atoms with E-state index < -0.39 is 0 Å². The standard InChI is InChI=1S/C12H15N3O3S/c1-14-9(8-18-19-2)7-15-11(17)4-3-10(12(14)15)13-5-6-16/h3-6,9H,7-8H2,1-2H3. The molecule has 0 aromatic carbocycles. The molecule has 0 spiro atoms. The molecule has 0 saturated carbocycles. The Morgan fingerprint density at radius 3 is 3.05 bits per heavy atom. The van der Waals surface area contributed by atoms with E-state index in [1.54, 1.807) is 10.6 Å². The van der Waals surface area contributed by atoms with Gasteiger partial charge in [0.25, 0.3) is 5.56 Å². The van der Waals surface area contributed by atoms with E-state index in [0.717, 1.165) is 5.82 Å². The zero-order chi connectivity index (χ0) is 13.8. The van der Waals surface area contributed by atoms with Crippen molar-refractivity contribution in [2.24, 2.45) is 4.99 Å². The lowest BCUT2D eigenvalue weighted by atomic mass is 10.3. The largest absolute Gasteiger partial charge is 0.352 e. The van der Waals surface area contributed by atoms with E-state index in [1.807, 2.05) is 18.2 Å². The van der Waals surface area contributed by atoms with Crippen molar-refractivity contribution in [2.45, 2.75) is 12.6 Å². The van der Waals surface area contributed by atoms with Crippen LogP contribution >= 0.6 is 12.0 Å². The van der Waals surface area contributed by atoms with Crippen molar-refractivity contribution < 1.29 is 8.98 Å². The monoisotopic (exact) mass is 281 g/mol. The maximum absolute atomic E-state index is 11.9. The molecule has 1 aromatic rings. The van der Waals surface area contributed by atoms with E-state index in [2.05, 4.69) is 4.99 Å². The number of anilines is 1. The zero-order valence-corrected chi connectivity index (χ0v) is 11.6. The first-order valence-corrected chi connectivity index (χ1v) is 6.94. The Labute approximate surface area is 115 Å². The van der Waals surface area contributed by atoms with Gasteiger partial charge in [-0.2, -0.15) is 0 Å². The van der Waals surface area contributed by atoms with Crippen LogP contribution in [0.1, 0.15) is 0 Å². The Morgan fingerprint density at radius 2 is 2.37 bits per heavy atom. The summed E-state index contributed by atoms with van der Waals surface area (Å²) in [6.45, 7) is 1.09. The molecular formula is C12H15N3O3S. The minimum atomic E-state index is -0.0708. The van der Waals surface area contributed by atoms with Gasteiger partial charge in [0.05, 0.1) is 25.4 Å². The molecule has 0 N–H and O–H groups in total. The molecule has 0 aliphatic carbocycles. The highest BCUT2D eigenvalue weighted by Gasteiger charge is 2.29. The SMILES string of the molecule is CSOCC1Cn2c(c(N=CC=O)ccc2=O)N1C. The number of pyridine rings is 1. The van der Waals surface area contributed by atoms with E-state index in [0.29, 0.717) is 25.1 Å². The van der Waals surface area contributed by atoms with E-state index in [-0.39, 0.29) is 11.6 Å². The van der Waals surface area contributed by atoms with Crippen molar-refractivity contribution in [1.82, 2.24) is 4.57 Å². The topological polar surface area (TPSA) is 63.9 Å². The number of carbonyl (C=O) groups excluding carboxylic acids is 1. The molecule has 0 saturated heterocycles. The summed E-state index contributed by atoms with van der Waals surface area (Å²) in [5.41, 5.74) is 0.541. The van der Waals surface area contributed by atoms with Crippen molar-refractivity contribution in [3.63, 3.8) is 0 Å². The van der Waals surface area contributed by atoms with Crippen molar-refractivity contribution in [3.8, 4) is 0 Å². The number of hydrogen-bond acceptors (Lipinski definition) is 6. The van der Waals surface area contributed by atoms with Gasteiger partial charge in [-0.3, -0.25) is 14.2 Å². The maximum atomic E-state index is 11.9. The average molecular weight is 281 g/mol. The van der Waals surface area contributed by atoms with Crippen LogP contribution in [-0.4, -0.2) is 43.0 Å². The van der Waals surface area contributed by atoms with Gasteiger partial charge in [-0.1, -0.05) is 0 Å². The summed E-state index contributed by atoms with van der Waals surface area (Å²) in [7, 11) is 1.90. The smallest absolute Gasteiger partial charge is 0.252 e. The van der Waals surface area contributed by atoms with Crippen LogP contribution in [0.2, 0.25) is 0 Å². The molecule has 1 atom stereocenters. The van der Waals surface area contributed by atoms with Crippen LogP contribution in [0.25, 0.3) is 0 Å². The van der Waals surface area contributed by atoms with Crippen LogP contribution in [0.15, 0.2) is 21.9 Å². The number of aliphatic imine (C=N–C) groups is 1. The van der Waals surface area contributed by atoms with E-state index in [4.69, 9.17) is 4.18 Å². The molecule has 1 aliphatic rings. The van der Waals surface area contributed by atoms with E-state index in [9.17, 15) is 9.59 Å². The molecule has 7 heteroatoms. The normalized spacial score (nSPS) is 18.0. The zero-order valence-electron chi connectivity index (χ0n) is 10.8. The second-order valence-corrected chi connectivity index (χ2v) is 4.69. The second kappa shape index (κ2) is 6.03. The van der Waals surface area contributed by atoms with Gasteiger partial charge in [-0.05, 0) is 18.1 Å². The number of rotatable bonds is 5. The third-order valence-electron chi connectivity index (χ3n) is 3.06. The lowest BCUT2D eigenvalue weighted by Gasteiger charge is -2.20. The van der Waals surface area contributed by atoms with Crippen LogP contribution in [0.5, 0.6) is 0 Å². The molecule has 0 fully saturated rings. The molecule has 0 radical (unpaired) electrons. The highest BCUT2D eigenvalue weighted by atomic mass is 32.2. The van der Waals surface area contributed by atoms with E-state index in [1.165, 1.54) is 24.3 Å². The number of fused-ring (bicyclic) bond motifs is 1. The lowest BCUT2D eigenvalue weighted by Crippen LogP contribution is -2.31. The summed E-state index contributed by atoms with van der Waals surface area (Å²) in [4.78, 5) is 28.3. The number of aldehydes is 1. The minimum absolute atomic E-state index is 0.0708. The first-order chi connectivity index (χ1) is 9.19. The molecule has 1 unspecified atom stereocenters. The van der Waals surface area contributed by atoms with Crippen LogP contribution in [-0.2, 0) is 15.5 Å². The van der Waals surface area contributed by atoms with Gasteiger partial charge >= 0.3 is 0 Å². The maximum Gasteiger partial charge on any atom is 0.252 e. The molecular weight excluding hydrogens is 266 g/mol. The lowest BCUT2D eigenvalue weighted by molar-refractivity contribution is -0.102. The molecule has 6 nitrogen and oxygen atoms in total. The molecule has 0 bridgehead atoms. The van der Waals surface area contributed by atoms with Gasteiger partial charge in [-0.25, -0.2) is 4.99 Å². The van der Waals surface area contributed by atoms with Crippen LogP contribution < -0.4 is 10.5 Å². The number of hydrogen-bond donors (Lipinski definition) is 0. The third kappa shape index (κ3) is 2.71. The van der Waals surface area contributed by atoms with Crippen molar-refractivity contribution in [2.75, 3.05) is 24.8 Å². The number of carbonyl (C=O) groups is 1. The summed E-state index contributed by atoms with van der Waals surface area (Å²) in [5.74, 6) is 0.723. The summed E-state index contributed by atoms with van der Waals surface area (Å²) in [6, 6.07) is 3.18. The van der Waals surface area contributed by atoms with Gasteiger partial charge in [-0.15, -0.1) is 0 Å². The summed E-state index contributed by atoms with van der Waals surface area (Å²) < 4.78 is 7.00. The Morgan fingerprint density at radius 1 is 1.58 bits per heavy atom. The summed E-state index contributed by atoms with van der Waals surface area (Å²) in [5, 5.41) is 0. The second-order valence-electron chi connectivity index (χ2n) is 4.12. The first-order valence-electron chi connectivity index (χ1n) is 5.79. The van der Waals surface area contributed by atoms with Crippen molar-refractivity contribution in [1.29, 1.82) is 0 Å². The highest BCUT2D eigenvalue weighted by molar-refractivity contribution is 7.93. The van der Waals surface area contributed by atoms with Crippen LogP contribution in [0.4, 0.5) is 11.5 Å². The molecule has 0 amide bonds. The molecule has 19 heavy (non-hydrogen) atoms. The quantitative estimate of drug-likeness (QED) is 0.455. The third-order valence-corrected chi connectivity index (χ3v) is 3.43. The molecule has 1 aromatic heterocycles. The summed E-state index contributed by atoms with van der Waals surface area (Å²) in [6.07, 6.45) is 3.65. The van der Waals surface area contributed by atoms with Gasteiger partial charge in [0.2, 0.25) is 0 Å². The predicted octanol–water partition coefficient (Wildman–Crippen LogP) is 0.862.